The lowest BCUT2D eigenvalue weighted by Gasteiger charge is -1.97. The van der Waals surface area contributed by atoms with E-state index < -0.39 is 0 Å². The van der Waals surface area contributed by atoms with Crippen molar-refractivity contribution in [1.29, 1.82) is 0 Å². The number of anilines is 1. The number of hydrogen-bond acceptors (Lipinski definition) is 5. The van der Waals surface area contributed by atoms with Crippen molar-refractivity contribution < 1.29 is 4.79 Å². The van der Waals surface area contributed by atoms with Gasteiger partial charge in [-0.15, -0.1) is 10.2 Å². The third kappa shape index (κ3) is 4.00. The fraction of sp³-hybridized carbons (Fsp3) is 0. The van der Waals surface area contributed by atoms with Gasteiger partial charge in [-0.2, -0.15) is 0 Å². The summed E-state index contributed by atoms with van der Waals surface area (Å²) in [5.41, 5.74) is 1.68. The molecular formula is C16H11ClN4OS. The van der Waals surface area contributed by atoms with E-state index in [1.807, 2.05) is 30.3 Å². The summed E-state index contributed by atoms with van der Waals surface area (Å²) in [5.74, 6) is -0.289. The second-order valence-electron chi connectivity index (χ2n) is 4.49. The second kappa shape index (κ2) is 7.13. The van der Waals surface area contributed by atoms with Crippen LogP contribution in [0.5, 0.6) is 0 Å². The fourth-order valence-electron chi connectivity index (χ4n) is 1.81. The van der Waals surface area contributed by atoms with Crippen LogP contribution in [0.1, 0.15) is 5.56 Å². The number of hydrogen-bond donors (Lipinski definition) is 1. The Balaban J connectivity index is 1.67. The molecule has 0 aliphatic heterocycles. The Morgan fingerprint density at radius 3 is 2.70 bits per heavy atom. The lowest BCUT2D eigenvalue weighted by atomic mass is 10.2. The number of pyridine rings is 1. The summed E-state index contributed by atoms with van der Waals surface area (Å²) in [6, 6.07) is 11.0. The molecule has 0 unspecified atom stereocenters. The Bertz CT molecular complexity index is 848. The molecule has 1 aromatic carbocycles. The van der Waals surface area contributed by atoms with E-state index >= 15 is 0 Å². The quantitative estimate of drug-likeness (QED) is 0.730. The highest BCUT2D eigenvalue weighted by atomic mass is 35.5. The van der Waals surface area contributed by atoms with Gasteiger partial charge in [-0.05, 0) is 29.8 Å². The highest BCUT2D eigenvalue weighted by Crippen LogP contribution is 2.25. The van der Waals surface area contributed by atoms with Crippen molar-refractivity contribution in [2.24, 2.45) is 0 Å². The van der Waals surface area contributed by atoms with Gasteiger partial charge >= 0.3 is 0 Å². The van der Waals surface area contributed by atoms with Crippen molar-refractivity contribution in [3.05, 3.63) is 65.5 Å². The summed E-state index contributed by atoms with van der Waals surface area (Å²) in [4.78, 5) is 15.9. The van der Waals surface area contributed by atoms with E-state index in [1.54, 1.807) is 24.5 Å². The standard InChI is InChI=1S/C16H11ClN4OS/c17-13-4-2-1-3-11(13)5-6-14(22)19-16-21-20-15(23-16)12-7-9-18-10-8-12/h1-10H,(H,19,21,22)/b6-5+. The molecule has 0 atom stereocenters. The van der Waals surface area contributed by atoms with Gasteiger partial charge in [0.2, 0.25) is 11.0 Å². The Morgan fingerprint density at radius 2 is 1.91 bits per heavy atom. The van der Waals surface area contributed by atoms with Gasteiger partial charge in [0.25, 0.3) is 0 Å². The minimum Gasteiger partial charge on any atom is -0.297 e. The number of carbonyl (C=O) groups is 1. The van der Waals surface area contributed by atoms with E-state index in [9.17, 15) is 4.79 Å². The van der Waals surface area contributed by atoms with Crippen LogP contribution in [-0.4, -0.2) is 21.1 Å². The van der Waals surface area contributed by atoms with Crippen molar-refractivity contribution in [3.63, 3.8) is 0 Å². The first-order valence-electron chi connectivity index (χ1n) is 6.70. The monoisotopic (exact) mass is 342 g/mol. The summed E-state index contributed by atoms with van der Waals surface area (Å²) in [7, 11) is 0. The molecule has 23 heavy (non-hydrogen) atoms. The zero-order chi connectivity index (χ0) is 16.1. The average molecular weight is 343 g/mol. The number of nitrogens with one attached hydrogen (secondary N) is 1. The summed E-state index contributed by atoms with van der Waals surface area (Å²) in [6.45, 7) is 0. The lowest BCUT2D eigenvalue weighted by molar-refractivity contribution is -0.111. The first-order chi connectivity index (χ1) is 11.2. The van der Waals surface area contributed by atoms with Crippen LogP contribution in [0.4, 0.5) is 5.13 Å². The molecule has 0 aliphatic rings. The molecule has 1 N–H and O–H groups in total. The third-order valence-corrected chi connectivity index (χ3v) is 4.13. The molecule has 5 nitrogen and oxygen atoms in total. The maximum Gasteiger partial charge on any atom is 0.250 e. The predicted octanol–water partition coefficient (Wildman–Crippen LogP) is 3.91. The first-order valence-corrected chi connectivity index (χ1v) is 7.89. The van der Waals surface area contributed by atoms with E-state index in [1.165, 1.54) is 17.4 Å². The molecule has 0 fully saturated rings. The highest BCUT2D eigenvalue weighted by Gasteiger charge is 2.08. The molecule has 114 valence electrons. The average Bonchev–Trinajstić information content (AvgIpc) is 3.03. The van der Waals surface area contributed by atoms with Crippen molar-refractivity contribution >= 4 is 40.1 Å². The maximum absolute atomic E-state index is 11.9. The SMILES string of the molecule is O=C(/C=C/c1ccccc1Cl)Nc1nnc(-c2ccncc2)s1. The molecule has 0 radical (unpaired) electrons. The van der Waals surface area contributed by atoms with E-state index in [2.05, 4.69) is 20.5 Å². The van der Waals surface area contributed by atoms with Gasteiger partial charge in [0.05, 0.1) is 0 Å². The topological polar surface area (TPSA) is 67.8 Å². The third-order valence-electron chi connectivity index (χ3n) is 2.90. The fourth-order valence-corrected chi connectivity index (χ4v) is 2.76. The van der Waals surface area contributed by atoms with Crippen LogP contribution in [0.2, 0.25) is 5.02 Å². The van der Waals surface area contributed by atoms with E-state index in [4.69, 9.17) is 11.6 Å². The van der Waals surface area contributed by atoms with E-state index in [0.717, 1.165) is 16.1 Å². The van der Waals surface area contributed by atoms with Crippen LogP contribution in [0.25, 0.3) is 16.6 Å². The predicted molar refractivity (Wildman–Crippen MR) is 92.3 cm³/mol. The number of halogens is 1. The largest absolute Gasteiger partial charge is 0.297 e. The van der Waals surface area contributed by atoms with Crippen LogP contribution in [0.15, 0.2) is 54.9 Å². The van der Waals surface area contributed by atoms with Crippen LogP contribution in [0, 0.1) is 0 Å². The van der Waals surface area contributed by atoms with Gasteiger partial charge in [-0.3, -0.25) is 15.1 Å². The van der Waals surface area contributed by atoms with Gasteiger partial charge in [0.15, 0.2) is 0 Å². The number of nitrogens with zero attached hydrogens (tertiary/aromatic N) is 3. The Morgan fingerprint density at radius 1 is 1.13 bits per heavy atom. The molecule has 3 aromatic rings. The normalized spacial score (nSPS) is 10.8. The second-order valence-corrected chi connectivity index (χ2v) is 5.88. The Labute approximate surface area is 141 Å². The van der Waals surface area contributed by atoms with Crippen molar-refractivity contribution in [2.75, 3.05) is 5.32 Å². The molecule has 0 saturated heterocycles. The zero-order valence-corrected chi connectivity index (χ0v) is 13.4. The van der Waals surface area contributed by atoms with E-state index in [-0.39, 0.29) is 5.91 Å². The van der Waals surface area contributed by atoms with Gasteiger partial charge in [0, 0.05) is 29.1 Å². The van der Waals surface area contributed by atoms with Crippen LogP contribution in [-0.2, 0) is 4.79 Å². The lowest BCUT2D eigenvalue weighted by Crippen LogP contribution is -2.07. The van der Waals surface area contributed by atoms with Gasteiger partial charge < -0.3 is 0 Å². The molecule has 2 heterocycles. The summed E-state index contributed by atoms with van der Waals surface area (Å²) in [5, 5.41) is 12.4. The minimum atomic E-state index is -0.289. The summed E-state index contributed by atoms with van der Waals surface area (Å²) >= 11 is 7.33. The molecule has 2 aromatic heterocycles. The smallest absolute Gasteiger partial charge is 0.250 e. The minimum absolute atomic E-state index is 0.289. The number of amides is 1. The van der Waals surface area contributed by atoms with Crippen molar-refractivity contribution in [3.8, 4) is 10.6 Å². The molecule has 7 heteroatoms. The molecule has 3 rings (SSSR count). The Hall–Kier alpha value is -2.57. The maximum atomic E-state index is 11.9. The summed E-state index contributed by atoms with van der Waals surface area (Å²) < 4.78 is 0. The van der Waals surface area contributed by atoms with E-state index in [0.29, 0.717) is 10.2 Å². The molecular weight excluding hydrogens is 332 g/mol. The highest BCUT2D eigenvalue weighted by molar-refractivity contribution is 7.18. The first kappa shape index (κ1) is 15.3. The van der Waals surface area contributed by atoms with Crippen LogP contribution >= 0.6 is 22.9 Å². The molecule has 1 amide bonds. The number of benzene rings is 1. The van der Waals surface area contributed by atoms with Crippen molar-refractivity contribution in [2.45, 2.75) is 0 Å². The van der Waals surface area contributed by atoms with Gasteiger partial charge in [0.1, 0.15) is 5.01 Å². The number of rotatable bonds is 4. The van der Waals surface area contributed by atoms with Gasteiger partial charge in [-0.25, -0.2) is 0 Å². The molecule has 0 bridgehead atoms. The summed E-state index contributed by atoms with van der Waals surface area (Å²) in [6.07, 6.45) is 6.43. The van der Waals surface area contributed by atoms with Crippen LogP contribution in [0.3, 0.4) is 0 Å². The molecule has 0 saturated carbocycles. The molecule has 0 aliphatic carbocycles. The molecule has 0 spiro atoms. The number of carbonyl (C=O) groups excluding carboxylic acids is 1. The van der Waals surface area contributed by atoms with Crippen molar-refractivity contribution in [1.82, 2.24) is 15.2 Å². The Kier molecular flexibility index (Phi) is 4.75. The number of aromatic nitrogens is 3. The van der Waals surface area contributed by atoms with Crippen LogP contribution < -0.4 is 5.32 Å². The van der Waals surface area contributed by atoms with Gasteiger partial charge in [-0.1, -0.05) is 41.1 Å². The zero-order valence-electron chi connectivity index (χ0n) is 11.8.